The molecule has 1 aliphatic heterocycles. The first-order valence-electron chi connectivity index (χ1n) is 9.45. The zero-order chi connectivity index (χ0) is 15.0. The molecule has 1 heterocycles. The predicted molar refractivity (Wildman–Crippen MR) is 90.5 cm³/mol. The maximum Gasteiger partial charge on any atom is 0.0151 e. The van der Waals surface area contributed by atoms with Gasteiger partial charge in [-0.3, -0.25) is 0 Å². The quantitative estimate of drug-likeness (QED) is 0.844. The molecular weight excluding hydrogens is 256 g/mol. The SMILES string of the molecule is CC(C)N1CC2CCCC(C1)C2NC1CCC(C)(C)CC1. The molecule has 0 radical (unpaired) electrons. The van der Waals surface area contributed by atoms with Crippen LogP contribution in [0.4, 0.5) is 0 Å². The van der Waals surface area contributed by atoms with Gasteiger partial charge in [0.05, 0.1) is 0 Å². The zero-order valence-corrected chi connectivity index (χ0v) is 14.7. The third kappa shape index (κ3) is 3.64. The van der Waals surface area contributed by atoms with Gasteiger partial charge in [0.1, 0.15) is 0 Å². The van der Waals surface area contributed by atoms with E-state index in [1.807, 2.05) is 0 Å². The molecular formula is C19H36N2. The van der Waals surface area contributed by atoms with E-state index in [0.29, 0.717) is 5.41 Å². The van der Waals surface area contributed by atoms with Crippen LogP contribution in [-0.2, 0) is 0 Å². The Morgan fingerprint density at radius 1 is 0.952 bits per heavy atom. The van der Waals surface area contributed by atoms with Gasteiger partial charge in [-0.1, -0.05) is 20.3 Å². The lowest BCUT2D eigenvalue weighted by Crippen LogP contribution is -2.60. The molecule has 0 aromatic heterocycles. The van der Waals surface area contributed by atoms with Crippen LogP contribution in [-0.4, -0.2) is 36.1 Å². The van der Waals surface area contributed by atoms with Crippen LogP contribution in [0.2, 0.25) is 0 Å². The van der Waals surface area contributed by atoms with Crippen molar-refractivity contribution in [1.29, 1.82) is 0 Å². The molecule has 1 N–H and O–H groups in total. The molecule has 2 nitrogen and oxygen atoms in total. The Labute approximate surface area is 132 Å². The minimum atomic E-state index is 0.592. The number of fused-ring (bicyclic) bond motifs is 2. The largest absolute Gasteiger partial charge is 0.311 e. The second-order valence-corrected chi connectivity index (χ2v) is 9.13. The molecule has 21 heavy (non-hydrogen) atoms. The molecule has 1 saturated heterocycles. The van der Waals surface area contributed by atoms with Crippen molar-refractivity contribution < 1.29 is 0 Å². The van der Waals surface area contributed by atoms with Crippen LogP contribution in [0.25, 0.3) is 0 Å². The lowest BCUT2D eigenvalue weighted by molar-refractivity contribution is 0.0203. The molecule has 0 spiro atoms. The summed E-state index contributed by atoms with van der Waals surface area (Å²) in [5.74, 6) is 1.82. The minimum absolute atomic E-state index is 0.592. The van der Waals surface area contributed by atoms with E-state index < -0.39 is 0 Å². The predicted octanol–water partition coefficient (Wildman–Crippen LogP) is 4.05. The van der Waals surface area contributed by atoms with Gasteiger partial charge in [-0.15, -0.1) is 0 Å². The van der Waals surface area contributed by atoms with Crippen LogP contribution in [0.3, 0.4) is 0 Å². The Hall–Kier alpha value is -0.0800. The van der Waals surface area contributed by atoms with E-state index >= 15 is 0 Å². The molecule has 122 valence electrons. The van der Waals surface area contributed by atoms with Gasteiger partial charge in [-0.25, -0.2) is 0 Å². The van der Waals surface area contributed by atoms with E-state index in [2.05, 4.69) is 37.9 Å². The summed E-state index contributed by atoms with van der Waals surface area (Å²) < 4.78 is 0. The van der Waals surface area contributed by atoms with Crippen molar-refractivity contribution in [3.63, 3.8) is 0 Å². The number of nitrogens with zero attached hydrogens (tertiary/aromatic N) is 1. The van der Waals surface area contributed by atoms with Crippen molar-refractivity contribution in [3.05, 3.63) is 0 Å². The maximum atomic E-state index is 4.13. The lowest BCUT2D eigenvalue weighted by atomic mass is 9.71. The molecule has 0 amide bonds. The van der Waals surface area contributed by atoms with Crippen molar-refractivity contribution in [2.75, 3.05) is 13.1 Å². The Balaban J connectivity index is 1.58. The first-order chi connectivity index (χ1) is 9.94. The lowest BCUT2D eigenvalue weighted by Gasteiger charge is -2.50. The molecule has 2 atom stereocenters. The topological polar surface area (TPSA) is 15.3 Å². The number of rotatable bonds is 3. The van der Waals surface area contributed by atoms with Gasteiger partial charge in [0.25, 0.3) is 0 Å². The Morgan fingerprint density at radius 3 is 2.05 bits per heavy atom. The van der Waals surface area contributed by atoms with Crippen LogP contribution in [0, 0.1) is 17.3 Å². The molecule has 0 aromatic rings. The van der Waals surface area contributed by atoms with Gasteiger partial charge in [0.2, 0.25) is 0 Å². The van der Waals surface area contributed by atoms with Gasteiger partial charge in [-0.2, -0.15) is 0 Å². The summed E-state index contributed by atoms with van der Waals surface area (Å²) in [6, 6.07) is 2.35. The van der Waals surface area contributed by atoms with Crippen molar-refractivity contribution in [3.8, 4) is 0 Å². The number of piperidine rings is 1. The summed E-state index contributed by atoms with van der Waals surface area (Å²) in [6.07, 6.45) is 9.99. The molecule has 2 saturated carbocycles. The van der Waals surface area contributed by atoms with Gasteiger partial charge >= 0.3 is 0 Å². The smallest absolute Gasteiger partial charge is 0.0151 e. The maximum absolute atomic E-state index is 4.13. The number of nitrogens with one attached hydrogen (secondary N) is 1. The summed E-state index contributed by atoms with van der Waals surface area (Å²) >= 11 is 0. The van der Waals surface area contributed by atoms with Gasteiger partial charge in [-0.05, 0) is 69.6 Å². The average Bonchev–Trinajstić information content (AvgIpc) is 2.40. The van der Waals surface area contributed by atoms with Crippen LogP contribution in [0.5, 0.6) is 0 Å². The van der Waals surface area contributed by atoms with E-state index in [4.69, 9.17) is 0 Å². The monoisotopic (exact) mass is 292 g/mol. The highest BCUT2D eigenvalue weighted by atomic mass is 15.2. The number of likely N-dealkylation sites (tertiary alicyclic amines) is 1. The second kappa shape index (κ2) is 6.20. The molecule has 3 aliphatic rings. The Kier molecular flexibility index (Phi) is 4.66. The molecule has 3 rings (SSSR count). The zero-order valence-electron chi connectivity index (χ0n) is 14.7. The van der Waals surface area contributed by atoms with Crippen molar-refractivity contribution in [1.82, 2.24) is 10.2 Å². The van der Waals surface area contributed by atoms with Crippen molar-refractivity contribution in [2.24, 2.45) is 17.3 Å². The average molecular weight is 293 g/mol. The van der Waals surface area contributed by atoms with Crippen LogP contribution < -0.4 is 5.32 Å². The highest BCUT2D eigenvalue weighted by Crippen LogP contribution is 2.39. The highest BCUT2D eigenvalue weighted by molar-refractivity contribution is 4.97. The standard InChI is InChI=1S/C19H36N2/c1-14(2)21-12-15-6-5-7-16(13-21)18(15)20-17-8-10-19(3,4)11-9-17/h14-18,20H,5-13H2,1-4H3. The van der Waals surface area contributed by atoms with Gasteiger partial charge < -0.3 is 10.2 Å². The third-order valence-corrected chi connectivity index (χ3v) is 6.60. The van der Waals surface area contributed by atoms with Crippen LogP contribution >= 0.6 is 0 Å². The van der Waals surface area contributed by atoms with Gasteiger partial charge in [0.15, 0.2) is 0 Å². The van der Waals surface area contributed by atoms with E-state index in [9.17, 15) is 0 Å². The van der Waals surface area contributed by atoms with Crippen LogP contribution in [0.15, 0.2) is 0 Å². The van der Waals surface area contributed by atoms with Crippen LogP contribution in [0.1, 0.15) is 72.6 Å². The summed E-state index contributed by atoms with van der Waals surface area (Å²) in [5, 5.41) is 4.13. The molecule has 2 aliphatic carbocycles. The van der Waals surface area contributed by atoms with E-state index in [1.54, 1.807) is 0 Å². The summed E-state index contributed by atoms with van der Waals surface area (Å²) in [5.41, 5.74) is 0.592. The normalized spacial score (nSPS) is 37.9. The number of hydrogen-bond donors (Lipinski definition) is 1. The fraction of sp³-hybridized carbons (Fsp3) is 1.00. The molecule has 2 bridgehead atoms. The minimum Gasteiger partial charge on any atom is -0.311 e. The van der Waals surface area contributed by atoms with E-state index in [0.717, 1.165) is 30.0 Å². The first kappa shape index (κ1) is 15.8. The number of hydrogen-bond acceptors (Lipinski definition) is 2. The fourth-order valence-electron chi connectivity index (χ4n) is 5.00. The summed E-state index contributed by atoms with van der Waals surface area (Å²) in [6.45, 7) is 12.3. The summed E-state index contributed by atoms with van der Waals surface area (Å²) in [7, 11) is 0. The van der Waals surface area contributed by atoms with Crippen molar-refractivity contribution in [2.45, 2.75) is 90.8 Å². The highest BCUT2D eigenvalue weighted by Gasteiger charge is 2.41. The second-order valence-electron chi connectivity index (χ2n) is 9.13. The molecule has 0 aromatic carbocycles. The third-order valence-electron chi connectivity index (χ3n) is 6.60. The molecule has 2 unspecified atom stereocenters. The molecule has 2 heteroatoms. The molecule has 3 fully saturated rings. The van der Waals surface area contributed by atoms with E-state index in [-0.39, 0.29) is 0 Å². The van der Waals surface area contributed by atoms with E-state index in [1.165, 1.54) is 58.0 Å². The summed E-state index contributed by atoms with van der Waals surface area (Å²) in [4.78, 5) is 2.73. The Bertz CT molecular complexity index is 325. The van der Waals surface area contributed by atoms with Gasteiger partial charge in [0, 0.05) is 31.2 Å². The first-order valence-corrected chi connectivity index (χ1v) is 9.45. The fourth-order valence-corrected chi connectivity index (χ4v) is 5.00. The van der Waals surface area contributed by atoms with Crippen molar-refractivity contribution >= 4 is 0 Å². The Morgan fingerprint density at radius 2 is 1.52 bits per heavy atom.